The molecule has 0 fully saturated rings. The number of nitrogens with one attached hydrogen (secondary N) is 1. The minimum absolute atomic E-state index is 0.163. The van der Waals surface area contributed by atoms with Gasteiger partial charge in [0.2, 0.25) is 0 Å². The molecule has 0 bridgehead atoms. The number of aromatic amines is 1. The Kier molecular flexibility index (Phi) is 3.16. The second kappa shape index (κ2) is 5.23. The van der Waals surface area contributed by atoms with E-state index >= 15 is 0 Å². The Morgan fingerprint density at radius 2 is 1.79 bits per heavy atom. The third kappa shape index (κ3) is 2.54. The molecule has 7 heteroatoms. The van der Waals surface area contributed by atoms with Crippen LogP contribution in [0.15, 0.2) is 55.0 Å². The molecule has 0 spiro atoms. The molecular formula is C17H10F3N3O. The van der Waals surface area contributed by atoms with Crippen LogP contribution < -0.4 is 4.74 Å². The van der Waals surface area contributed by atoms with Crippen molar-refractivity contribution in [2.75, 3.05) is 0 Å². The predicted molar refractivity (Wildman–Crippen MR) is 83.5 cm³/mol. The molecule has 0 radical (unpaired) electrons. The number of aromatic nitrogens is 3. The van der Waals surface area contributed by atoms with E-state index in [-0.39, 0.29) is 11.3 Å². The molecule has 4 rings (SSSR count). The minimum Gasteiger partial charge on any atom is -0.403 e. The molecule has 0 aliphatic carbocycles. The lowest BCUT2D eigenvalue weighted by Crippen LogP contribution is -2.17. The van der Waals surface area contributed by atoms with Crippen molar-refractivity contribution >= 4 is 21.9 Å². The maximum atomic E-state index is 12.7. The fraction of sp³-hybridized carbons (Fsp3) is 0.0588. The Morgan fingerprint density at radius 3 is 2.62 bits per heavy atom. The second-order valence-electron chi connectivity index (χ2n) is 5.20. The molecule has 1 N–H and O–H groups in total. The normalized spacial score (nSPS) is 12.0. The summed E-state index contributed by atoms with van der Waals surface area (Å²) in [6, 6.07) is 10.1. The van der Waals surface area contributed by atoms with E-state index in [1.165, 1.54) is 12.3 Å². The van der Waals surface area contributed by atoms with Crippen molar-refractivity contribution in [3.05, 3.63) is 55.0 Å². The van der Waals surface area contributed by atoms with Crippen molar-refractivity contribution in [2.45, 2.75) is 6.36 Å². The van der Waals surface area contributed by atoms with Gasteiger partial charge in [-0.05, 0) is 35.9 Å². The van der Waals surface area contributed by atoms with Crippen molar-refractivity contribution < 1.29 is 17.9 Å². The summed E-state index contributed by atoms with van der Waals surface area (Å²) in [6.45, 7) is 0. The zero-order valence-electron chi connectivity index (χ0n) is 12.1. The number of hydrogen-bond donors (Lipinski definition) is 1. The van der Waals surface area contributed by atoms with Crippen molar-refractivity contribution in [3.8, 4) is 16.9 Å². The molecule has 1 aromatic carbocycles. The number of nitrogens with zero attached hydrogens (tertiary/aromatic N) is 2. The number of pyridine rings is 2. The molecule has 120 valence electrons. The van der Waals surface area contributed by atoms with Gasteiger partial charge >= 0.3 is 6.36 Å². The molecule has 24 heavy (non-hydrogen) atoms. The number of benzene rings is 1. The monoisotopic (exact) mass is 329 g/mol. The zero-order chi connectivity index (χ0) is 16.7. The van der Waals surface area contributed by atoms with Gasteiger partial charge in [0.25, 0.3) is 0 Å². The Hall–Kier alpha value is -3.09. The van der Waals surface area contributed by atoms with Gasteiger partial charge in [-0.3, -0.25) is 4.98 Å². The van der Waals surface area contributed by atoms with Crippen molar-refractivity contribution in [3.63, 3.8) is 0 Å². The van der Waals surface area contributed by atoms with Gasteiger partial charge in [-0.15, -0.1) is 13.2 Å². The molecule has 0 saturated heterocycles. The summed E-state index contributed by atoms with van der Waals surface area (Å²) in [5.74, 6) is -0.325. The van der Waals surface area contributed by atoms with E-state index in [0.717, 1.165) is 10.9 Å². The number of ether oxygens (including phenoxy) is 1. The quantitative estimate of drug-likeness (QED) is 0.581. The molecular weight excluding hydrogens is 319 g/mol. The molecule has 0 aliphatic heterocycles. The summed E-state index contributed by atoms with van der Waals surface area (Å²) in [7, 11) is 0. The van der Waals surface area contributed by atoms with Crippen molar-refractivity contribution in [1.29, 1.82) is 0 Å². The third-order valence-electron chi connectivity index (χ3n) is 3.66. The van der Waals surface area contributed by atoms with Crippen molar-refractivity contribution in [2.24, 2.45) is 0 Å². The highest BCUT2D eigenvalue weighted by molar-refractivity contribution is 5.97. The first-order valence-electron chi connectivity index (χ1n) is 7.08. The molecule has 0 unspecified atom stereocenters. The standard InChI is InChI=1S/C17H10F3N3O/c18-17(19,20)24-14-8-11(7-10-3-1-5-21-15(10)14)13-9-23-16-12(13)4-2-6-22-16/h1-9H,(H,22,23). The molecule has 0 atom stereocenters. The molecule has 3 aromatic heterocycles. The number of halogens is 3. The number of rotatable bonds is 2. The summed E-state index contributed by atoms with van der Waals surface area (Å²) >= 11 is 0. The van der Waals surface area contributed by atoms with E-state index in [4.69, 9.17) is 0 Å². The van der Waals surface area contributed by atoms with Gasteiger partial charge in [0.15, 0.2) is 5.75 Å². The fourth-order valence-corrected chi connectivity index (χ4v) is 2.71. The Balaban J connectivity index is 1.96. The molecule has 0 aliphatic rings. The molecule has 4 aromatic rings. The topological polar surface area (TPSA) is 50.8 Å². The lowest BCUT2D eigenvalue weighted by molar-refractivity contribution is -0.274. The number of hydrogen-bond acceptors (Lipinski definition) is 3. The SMILES string of the molecule is FC(F)(F)Oc1cc(-c2c[nH]c3ncccc23)cc2cccnc12. The average Bonchev–Trinajstić information content (AvgIpc) is 2.97. The Morgan fingerprint density at radius 1 is 1.00 bits per heavy atom. The van der Waals surface area contributed by atoms with Gasteiger partial charge in [-0.25, -0.2) is 4.98 Å². The van der Waals surface area contributed by atoms with Gasteiger partial charge in [0, 0.05) is 34.9 Å². The summed E-state index contributed by atoms with van der Waals surface area (Å²) < 4.78 is 42.4. The highest BCUT2D eigenvalue weighted by Gasteiger charge is 2.32. The lowest BCUT2D eigenvalue weighted by Gasteiger charge is -2.12. The van der Waals surface area contributed by atoms with Gasteiger partial charge in [0.05, 0.1) is 0 Å². The van der Waals surface area contributed by atoms with E-state index in [9.17, 15) is 13.2 Å². The second-order valence-corrected chi connectivity index (χ2v) is 5.20. The van der Waals surface area contributed by atoms with Crippen LogP contribution in [0.2, 0.25) is 0 Å². The van der Waals surface area contributed by atoms with Gasteiger partial charge < -0.3 is 9.72 Å². The van der Waals surface area contributed by atoms with Crippen LogP contribution in [-0.2, 0) is 0 Å². The zero-order valence-corrected chi connectivity index (χ0v) is 12.1. The van der Waals surface area contributed by atoms with Crippen LogP contribution in [0.3, 0.4) is 0 Å². The first-order chi connectivity index (χ1) is 11.5. The molecule has 0 saturated carbocycles. The number of alkyl halides is 3. The van der Waals surface area contributed by atoms with Crippen LogP contribution in [-0.4, -0.2) is 21.3 Å². The minimum atomic E-state index is -4.79. The fourth-order valence-electron chi connectivity index (χ4n) is 2.71. The van der Waals surface area contributed by atoms with Crippen LogP contribution in [0.5, 0.6) is 5.75 Å². The van der Waals surface area contributed by atoms with E-state index in [1.54, 1.807) is 36.7 Å². The van der Waals surface area contributed by atoms with Gasteiger partial charge in [-0.1, -0.05) is 6.07 Å². The summed E-state index contributed by atoms with van der Waals surface area (Å²) in [5.41, 5.74) is 2.17. The van der Waals surface area contributed by atoms with Crippen molar-refractivity contribution in [1.82, 2.24) is 15.0 Å². The van der Waals surface area contributed by atoms with E-state index in [0.29, 0.717) is 16.6 Å². The van der Waals surface area contributed by atoms with Crippen LogP contribution in [0.4, 0.5) is 13.2 Å². The summed E-state index contributed by atoms with van der Waals surface area (Å²) in [4.78, 5) is 11.2. The first-order valence-corrected chi connectivity index (χ1v) is 7.08. The molecule has 0 amide bonds. The average molecular weight is 329 g/mol. The molecule has 4 nitrogen and oxygen atoms in total. The maximum Gasteiger partial charge on any atom is 0.573 e. The van der Waals surface area contributed by atoms with Crippen LogP contribution >= 0.6 is 0 Å². The maximum absolute atomic E-state index is 12.7. The molecule has 3 heterocycles. The van der Waals surface area contributed by atoms with E-state index < -0.39 is 6.36 Å². The summed E-state index contributed by atoms with van der Waals surface area (Å²) in [6.07, 6.45) is 0.00336. The number of H-pyrrole nitrogens is 1. The predicted octanol–water partition coefficient (Wildman–Crippen LogP) is 4.68. The van der Waals surface area contributed by atoms with E-state index in [1.807, 2.05) is 6.07 Å². The van der Waals surface area contributed by atoms with Crippen LogP contribution in [0.25, 0.3) is 33.1 Å². The first kappa shape index (κ1) is 14.5. The lowest BCUT2D eigenvalue weighted by atomic mass is 10.0. The Labute approximate surface area is 133 Å². The third-order valence-corrected chi connectivity index (χ3v) is 3.66. The summed E-state index contributed by atoms with van der Waals surface area (Å²) in [5, 5.41) is 1.38. The number of fused-ring (bicyclic) bond motifs is 2. The van der Waals surface area contributed by atoms with Crippen LogP contribution in [0.1, 0.15) is 0 Å². The van der Waals surface area contributed by atoms with Crippen LogP contribution in [0, 0.1) is 0 Å². The largest absolute Gasteiger partial charge is 0.573 e. The Bertz CT molecular complexity index is 1040. The van der Waals surface area contributed by atoms with E-state index in [2.05, 4.69) is 19.7 Å². The van der Waals surface area contributed by atoms with Gasteiger partial charge in [0.1, 0.15) is 11.2 Å². The van der Waals surface area contributed by atoms with Gasteiger partial charge in [-0.2, -0.15) is 0 Å². The highest BCUT2D eigenvalue weighted by atomic mass is 19.4. The smallest absolute Gasteiger partial charge is 0.403 e. The highest BCUT2D eigenvalue weighted by Crippen LogP contribution is 2.36.